The molecule has 1 N–H and O–H groups in total. The third-order valence-electron chi connectivity index (χ3n) is 5.72. The minimum Gasteiger partial charge on any atom is -0.438 e. The number of oxime groups is 1. The molecular weight excluding hydrogens is 338 g/mol. The number of rotatable bonds is 3. The van der Waals surface area contributed by atoms with Gasteiger partial charge in [0.05, 0.1) is 5.56 Å². The van der Waals surface area contributed by atoms with Crippen LogP contribution in [0.25, 0.3) is 0 Å². The van der Waals surface area contributed by atoms with E-state index in [2.05, 4.69) is 34.1 Å². The maximum atomic E-state index is 9.77. The third-order valence-corrected chi connectivity index (χ3v) is 5.72. The Balaban J connectivity index is 1.72. The van der Waals surface area contributed by atoms with Crippen LogP contribution in [0.2, 0.25) is 0 Å². The van der Waals surface area contributed by atoms with Gasteiger partial charge in [0.15, 0.2) is 5.84 Å². The number of hydrogen-bond acceptors (Lipinski definition) is 4. The van der Waals surface area contributed by atoms with Gasteiger partial charge in [-0.2, -0.15) is 0 Å². The van der Waals surface area contributed by atoms with Crippen LogP contribution in [0.5, 0.6) is 11.6 Å². The van der Waals surface area contributed by atoms with E-state index in [4.69, 9.17) is 4.74 Å². The second-order valence-electron chi connectivity index (χ2n) is 7.62. The van der Waals surface area contributed by atoms with Gasteiger partial charge >= 0.3 is 0 Å². The van der Waals surface area contributed by atoms with Crippen LogP contribution < -0.4 is 4.74 Å². The Kier molecular flexibility index (Phi) is 5.01. The van der Waals surface area contributed by atoms with Gasteiger partial charge in [0, 0.05) is 18.3 Å². The second-order valence-corrected chi connectivity index (χ2v) is 7.62. The normalized spacial score (nSPS) is 19.9. The van der Waals surface area contributed by atoms with E-state index in [1.54, 1.807) is 0 Å². The van der Waals surface area contributed by atoms with Gasteiger partial charge in [0.2, 0.25) is 5.88 Å². The van der Waals surface area contributed by atoms with Crippen LogP contribution in [0.3, 0.4) is 0 Å². The monoisotopic (exact) mass is 365 g/mol. The Morgan fingerprint density at radius 2 is 2.04 bits per heavy atom. The number of pyridine rings is 1. The summed E-state index contributed by atoms with van der Waals surface area (Å²) >= 11 is 0. The van der Waals surface area contributed by atoms with Crippen molar-refractivity contribution in [2.75, 3.05) is 6.54 Å². The molecule has 1 unspecified atom stereocenters. The summed E-state index contributed by atoms with van der Waals surface area (Å²) in [6.07, 6.45) is 6.77. The van der Waals surface area contributed by atoms with E-state index in [9.17, 15) is 5.21 Å². The summed E-state index contributed by atoms with van der Waals surface area (Å²) in [5.41, 5.74) is 4.28. The van der Waals surface area contributed by atoms with Crippen molar-refractivity contribution in [3.8, 4) is 11.6 Å². The summed E-state index contributed by atoms with van der Waals surface area (Å²) < 4.78 is 6.34. The maximum Gasteiger partial charge on any atom is 0.230 e. The van der Waals surface area contributed by atoms with Crippen LogP contribution >= 0.6 is 0 Å². The van der Waals surface area contributed by atoms with Crippen molar-refractivity contribution in [1.82, 2.24) is 9.88 Å². The molecule has 0 saturated carbocycles. The van der Waals surface area contributed by atoms with Crippen LogP contribution in [0, 0.1) is 6.92 Å². The van der Waals surface area contributed by atoms with Gasteiger partial charge in [0.25, 0.3) is 0 Å². The predicted molar refractivity (Wildman–Crippen MR) is 106 cm³/mol. The van der Waals surface area contributed by atoms with Crippen molar-refractivity contribution in [3.63, 3.8) is 0 Å². The minimum atomic E-state index is 0.342. The molecule has 2 aliphatic rings. The van der Waals surface area contributed by atoms with Crippen molar-refractivity contribution in [3.05, 3.63) is 52.7 Å². The number of hydrogen-bond donors (Lipinski definition) is 1. The Morgan fingerprint density at radius 1 is 1.19 bits per heavy atom. The van der Waals surface area contributed by atoms with E-state index in [1.165, 1.54) is 24.0 Å². The maximum absolute atomic E-state index is 9.77. The Hall–Kier alpha value is -2.56. The van der Waals surface area contributed by atoms with Gasteiger partial charge in [-0.25, -0.2) is 4.98 Å². The summed E-state index contributed by atoms with van der Waals surface area (Å²) in [6, 6.07) is 10.5. The van der Waals surface area contributed by atoms with Crippen molar-refractivity contribution in [2.45, 2.75) is 58.4 Å². The molecule has 0 radical (unpaired) electrons. The molecule has 1 saturated heterocycles. The van der Waals surface area contributed by atoms with Crippen LogP contribution in [0.4, 0.5) is 0 Å². The highest BCUT2D eigenvalue weighted by molar-refractivity contribution is 6.00. The molecule has 0 spiro atoms. The summed E-state index contributed by atoms with van der Waals surface area (Å²) in [6.45, 7) is 4.99. The molecule has 2 heterocycles. The molecule has 1 aliphatic heterocycles. The lowest BCUT2D eigenvalue weighted by Crippen LogP contribution is -2.34. The number of aryl methyl sites for hydroxylation is 2. The molecule has 4 rings (SSSR count). The standard InChI is InChI=1S/C22H27N3O2/c1-15-12-13-19(21(24-26)25-14-6-7-16(25)2)22(23-15)27-20-11-5-9-17-8-3-4-10-18(17)20/h5,9,11-13,16,26H,3-4,6-8,10,14H2,1-2H3/b24-21-. The summed E-state index contributed by atoms with van der Waals surface area (Å²) in [5.74, 6) is 1.94. The molecule has 1 aromatic carbocycles. The summed E-state index contributed by atoms with van der Waals surface area (Å²) in [5, 5.41) is 13.4. The second kappa shape index (κ2) is 7.59. The van der Waals surface area contributed by atoms with E-state index in [-0.39, 0.29) is 0 Å². The van der Waals surface area contributed by atoms with E-state index >= 15 is 0 Å². The molecule has 0 amide bonds. The number of ether oxygens (including phenoxy) is 1. The molecular formula is C22H27N3O2. The average Bonchev–Trinajstić information content (AvgIpc) is 3.10. The van der Waals surface area contributed by atoms with Gasteiger partial charge in [-0.1, -0.05) is 17.3 Å². The summed E-state index contributed by atoms with van der Waals surface area (Å²) in [4.78, 5) is 6.78. The molecule has 1 fully saturated rings. The Labute approximate surface area is 160 Å². The van der Waals surface area contributed by atoms with E-state index in [0.29, 0.717) is 17.8 Å². The van der Waals surface area contributed by atoms with Crippen LogP contribution in [0.1, 0.15) is 55.0 Å². The zero-order valence-corrected chi connectivity index (χ0v) is 16.1. The van der Waals surface area contributed by atoms with Crippen LogP contribution in [-0.2, 0) is 12.8 Å². The highest BCUT2D eigenvalue weighted by Crippen LogP contribution is 2.34. The fourth-order valence-electron chi connectivity index (χ4n) is 4.24. The van der Waals surface area contributed by atoms with Crippen molar-refractivity contribution in [2.24, 2.45) is 5.16 Å². The smallest absolute Gasteiger partial charge is 0.230 e. The fraction of sp³-hybridized carbons (Fsp3) is 0.455. The quantitative estimate of drug-likeness (QED) is 0.371. The number of likely N-dealkylation sites (tertiary alicyclic amines) is 1. The molecule has 1 aliphatic carbocycles. The van der Waals surface area contributed by atoms with Gasteiger partial charge in [-0.05, 0) is 81.7 Å². The zero-order valence-electron chi connectivity index (χ0n) is 16.1. The topological polar surface area (TPSA) is 58.0 Å². The first-order chi connectivity index (χ1) is 13.2. The van der Waals surface area contributed by atoms with Gasteiger partial charge in [0.1, 0.15) is 5.75 Å². The first-order valence-electron chi connectivity index (χ1n) is 9.92. The van der Waals surface area contributed by atoms with E-state index in [0.717, 1.165) is 49.2 Å². The van der Waals surface area contributed by atoms with Gasteiger partial charge in [-0.15, -0.1) is 0 Å². The number of nitrogens with zero attached hydrogens (tertiary/aromatic N) is 3. The zero-order chi connectivity index (χ0) is 18.8. The van der Waals surface area contributed by atoms with Gasteiger partial charge < -0.3 is 14.8 Å². The van der Waals surface area contributed by atoms with Crippen LogP contribution in [-0.4, -0.2) is 33.5 Å². The van der Waals surface area contributed by atoms with Crippen LogP contribution in [0.15, 0.2) is 35.5 Å². The van der Waals surface area contributed by atoms with Gasteiger partial charge in [-0.3, -0.25) is 0 Å². The first-order valence-corrected chi connectivity index (χ1v) is 9.92. The van der Waals surface area contributed by atoms with E-state index in [1.807, 2.05) is 25.1 Å². The molecule has 1 atom stereocenters. The van der Waals surface area contributed by atoms with E-state index < -0.39 is 0 Å². The molecule has 5 nitrogen and oxygen atoms in total. The highest BCUT2D eigenvalue weighted by Gasteiger charge is 2.28. The van der Waals surface area contributed by atoms with Crippen molar-refractivity contribution in [1.29, 1.82) is 0 Å². The lowest BCUT2D eigenvalue weighted by atomic mass is 9.91. The van der Waals surface area contributed by atoms with Crippen molar-refractivity contribution < 1.29 is 9.94 Å². The van der Waals surface area contributed by atoms with Crippen molar-refractivity contribution >= 4 is 5.84 Å². The number of amidine groups is 1. The molecule has 27 heavy (non-hydrogen) atoms. The highest BCUT2D eigenvalue weighted by atomic mass is 16.5. The minimum absolute atomic E-state index is 0.342. The SMILES string of the molecule is Cc1ccc(/C(=N/O)N2CCCC2C)c(Oc2cccc3c2CCCC3)n1. The fourth-order valence-corrected chi connectivity index (χ4v) is 4.24. The first kappa shape index (κ1) is 17.8. The molecule has 142 valence electrons. The lowest BCUT2D eigenvalue weighted by Gasteiger charge is -2.25. The average molecular weight is 365 g/mol. The molecule has 5 heteroatoms. The predicted octanol–water partition coefficient (Wildman–Crippen LogP) is 4.68. The molecule has 2 aromatic rings. The molecule has 1 aromatic heterocycles. The number of benzene rings is 1. The largest absolute Gasteiger partial charge is 0.438 e. The number of fused-ring (bicyclic) bond motifs is 1. The Morgan fingerprint density at radius 3 is 2.81 bits per heavy atom. The number of aromatic nitrogens is 1. The lowest BCUT2D eigenvalue weighted by molar-refractivity contribution is 0.298. The Bertz CT molecular complexity index is 863. The third kappa shape index (κ3) is 3.51. The molecule has 0 bridgehead atoms. The summed E-state index contributed by atoms with van der Waals surface area (Å²) in [7, 11) is 0.